The molecule has 2 N–H and O–H groups in total. The van der Waals surface area contributed by atoms with Gasteiger partial charge in [0.1, 0.15) is 0 Å². The van der Waals surface area contributed by atoms with Gasteiger partial charge in [0, 0.05) is 18.1 Å². The van der Waals surface area contributed by atoms with Crippen LogP contribution in [0.2, 0.25) is 0 Å². The molecule has 94 valence electrons. The second kappa shape index (κ2) is 5.05. The third-order valence-electron chi connectivity index (χ3n) is 4.79. The van der Waals surface area contributed by atoms with Crippen LogP contribution in [0.1, 0.15) is 58.8 Å². The van der Waals surface area contributed by atoms with Gasteiger partial charge in [0.15, 0.2) is 0 Å². The molecule has 2 saturated carbocycles. The highest BCUT2D eigenvalue weighted by atomic mass is 15.3. The molecule has 0 amide bonds. The van der Waals surface area contributed by atoms with Gasteiger partial charge in [-0.3, -0.25) is 4.90 Å². The van der Waals surface area contributed by atoms with Crippen molar-refractivity contribution >= 4 is 0 Å². The van der Waals surface area contributed by atoms with Gasteiger partial charge in [-0.25, -0.2) is 0 Å². The lowest BCUT2D eigenvalue weighted by atomic mass is 9.83. The Balaban J connectivity index is 2.16. The standard InChI is InChI=1S/C14H28N2/c1-3-10-16(13-7-8-13)14(11-15)9-5-6-12(14)4-2/h12-13H,3-11,15H2,1-2H3. The normalized spacial score (nSPS) is 34.9. The Bertz CT molecular complexity index is 225. The van der Waals surface area contributed by atoms with E-state index in [0.717, 1.165) is 18.5 Å². The molecule has 2 heteroatoms. The molecule has 0 saturated heterocycles. The van der Waals surface area contributed by atoms with Crippen LogP contribution in [0.4, 0.5) is 0 Å². The number of nitrogens with zero attached hydrogens (tertiary/aromatic N) is 1. The largest absolute Gasteiger partial charge is 0.329 e. The van der Waals surface area contributed by atoms with E-state index in [-0.39, 0.29) is 0 Å². The highest BCUT2D eigenvalue weighted by Gasteiger charge is 2.49. The van der Waals surface area contributed by atoms with E-state index in [2.05, 4.69) is 18.7 Å². The zero-order valence-corrected chi connectivity index (χ0v) is 11.0. The zero-order valence-electron chi connectivity index (χ0n) is 11.0. The van der Waals surface area contributed by atoms with Crippen LogP contribution in [0.15, 0.2) is 0 Å². The molecule has 2 rings (SSSR count). The molecule has 2 aliphatic carbocycles. The molecule has 0 aromatic rings. The third-order valence-corrected chi connectivity index (χ3v) is 4.79. The van der Waals surface area contributed by atoms with Crippen molar-refractivity contribution in [2.24, 2.45) is 11.7 Å². The van der Waals surface area contributed by atoms with Gasteiger partial charge in [-0.1, -0.05) is 26.7 Å². The molecule has 0 spiro atoms. The first-order chi connectivity index (χ1) is 7.78. The average molecular weight is 224 g/mol. The molecule has 0 radical (unpaired) electrons. The molecule has 0 heterocycles. The Labute approximate surface area is 101 Å². The minimum Gasteiger partial charge on any atom is -0.329 e. The summed E-state index contributed by atoms with van der Waals surface area (Å²) < 4.78 is 0. The lowest BCUT2D eigenvalue weighted by Gasteiger charge is -2.45. The first-order valence-electron chi connectivity index (χ1n) is 7.25. The van der Waals surface area contributed by atoms with Gasteiger partial charge in [0.05, 0.1) is 0 Å². The maximum Gasteiger partial charge on any atom is 0.0362 e. The van der Waals surface area contributed by atoms with Crippen molar-refractivity contribution < 1.29 is 0 Å². The fourth-order valence-corrected chi connectivity index (χ4v) is 3.87. The van der Waals surface area contributed by atoms with E-state index >= 15 is 0 Å². The van der Waals surface area contributed by atoms with E-state index in [1.54, 1.807) is 0 Å². The van der Waals surface area contributed by atoms with Crippen molar-refractivity contribution in [2.75, 3.05) is 13.1 Å². The molecule has 2 unspecified atom stereocenters. The summed E-state index contributed by atoms with van der Waals surface area (Å²) in [5.74, 6) is 0.852. The van der Waals surface area contributed by atoms with Crippen LogP contribution in [0.3, 0.4) is 0 Å². The Kier molecular flexibility index (Phi) is 3.91. The molecule has 0 bridgehead atoms. The predicted octanol–water partition coefficient (Wildman–Crippen LogP) is 2.77. The van der Waals surface area contributed by atoms with E-state index < -0.39 is 0 Å². The molecule has 0 aliphatic heterocycles. The van der Waals surface area contributed by atoms with E-state index in [1.165, 1.54) is 51.5 Å². The summed E-state index contributed by atoms with van der Waals surface area (Å²) in [6.07, 6.45) is 9.55. The molecule has 16 heavy (non-hydrogen) atoms. The van der Waals surface area contributed by atoms with Gasteiger partial charge in [-0.05, 0) is 44.6 Å². The average Bonchev–Trinajstić information content (AvgIpc) is 3.05. The molecular formula is C14H28N2. The van der Waals surface area contributed by atoms with Crippen molar-refractivity contribution in [1.29, 1.82) is 0 Å². The summed E-state index contributed by atoms with van der Waals surface area (Å²) >= 11 is 0. The van der Waals surface area contributed by atoms with Crippen LogP contribution in [-0.2, 0) is 0 Å². The molecule has 0 aromatic heterocycles. The van der Waals surface area contributed by atoms with Crippen molar-refractivity contribution in [2.45, 2.75) is 70.4 Å². The van der Waals surface area contributed by atoms with Gasteiger partial charge in [0.25, 0.3) is 0 Å². The first-order valence-corrected chi connectivity index (χ1v) is 7.25. The van der Waals surface area contributed by atoms with Crippen LogP contribution in [0, 0.1) is 5.92 Å². The fourth-order valence-electron chi connectivity index (χ4n) is 3.87. The van der Waals surface area contributed by atoms with Gasteiger partial charge < -0.3 is 5.73 Å². The van der Waals surface area contributed by atoms with Gasteiger partial charge in [-0.15, -0.1) is 0 Å². The minimum absolute atomic E-state index is 0.367. The lowest BCUT2D eigenvalue weighted by molar-refractivity contribution is 0.0474. The smallest absolute Gasteiger partial charge is 0.0362 e. The molecule has 2 nitrogen and oxygen atoms in total. The third kappa shape index (κ3) is 2.02. The predicted molar refractivity (Wildman–Crippen MR) is 69.4 cm³/mol. The second-order valence-electron chi connectivity index (χ2n) is 5.73. The van der Waals surface area contributed by atoms with E-state index in [4.69, 9.17) is 5.73 Å². The van der Waals surface area contributed by atoms with Crippen LogP contribution in [0.5, 0.6) is 0 Å². The van der Waals surface area contributed by atoms with Gasteiger partial charge in [-0.2, -0.15) is 0 Å². The number of hydrogen-bond donors (Lipinski definition) is 1. The highest BCUT2D eigenvalue weighted by Crippen LogP contribution is 2.46. The van der Waals surface area contributed by atoms with E-state index in [0.29, 0.717) is 5.54 Å². The molecule has 0 aromatic carbocycles. The fraction of sp³-hybridized carbons (Fsp3) is 1.00. The summed E-state index contributed by atoms with van der Waals surface area (Å²) in [4.78, 5) is 2.80. The summed E-state index contributed by atoms with van der Waals surface area (Å²) in [5.41, 5.74) is 6.56. The van der Waals surface area contributed by atoms with Gasteiger partial charge in [0.2, 0.25) is 0 Å². The molecular weight excluding hydrogens is 196 g/mol. The minimum atomic E-state index is 0.367. The number of hydrogen-bond acceptors (Lipinski definition) is 2. The number of nitrogens with two attached hydrogens (primary N) is 1. The zero-order chi connectivity index (χ0) is 11.6. The monoisotopic (exact) mass is 224 g/mol. The number of rotatable bonds is 6. The molecule has 2 fully saturated rings. The van der Waals surface area contributed by atoms with Crippen LogP contribution in [-0.4, -0.2) is 29.6 Å². The maximum absolute atomic E-state index is 6.19. The second-order valence-corrected chi connectivity index (χ2v) is 5.73. The van der Waals surface area contributed by atoms with Crippen molar-refractivity contribution in [3.63, 3.8) is 0 Å². The van der Waals surface area contributed by atoms with Gasteiger partial charge >= 0.3 is 0 Å². The van der Waals surface area contributed by atoms with E-state index in [1.807, 2.05) is 0 Å². The Hall–Kier alpha value is -0.0800. The Morgan fingerprint density at radius 1 is 1.25 bits per heavy atom. The van der Waals surface area contributed by atoms with Crippen molar-refractivity contribution in [3.05, 3.63) is 0 Å². The molecule has 2 atom stereocenters. The van der Waals surface area contributed by atoms with Crippen LogP contribution >= 0.6 is 0 Å². The lowest BCUT2D eigenvalue weighted by Crippen LogP contribution is -2.57. The maximum atomic E-state index is 6.19. The topological polar surface area (TPSA) is 29.3 Å². The van der Waals surface area contributed by atoms with Crippen molar-refractivity contribution in [3.8, 4) is 0 Å². The Morgan fingerprint density at radius 2 is 2.00 bits per heavy atom. The Morgan fingerprint density at radius 3 is 2.50 bits per heavy atom. The SMILES string of the molecule is CCCN(C1CC1)C1(CN)CCCC1CC. The summed E-state index contributed by atoms with van der Waals surface area (Å²) in [5, 5.41) is 0. The van der Waals surface area contributed by atoms with Crippen LogP contribution in [0.25, 0.3) is 0 Å². The first kappa shape index (κ1) is 12.4. The van der Waals surface area contributed by atoms with E-state index in [9.17, 15) is 0 Å². The van der Waals surface area contributed by atoms with Crippen molar-refractivity contribution in [1.82, 2.24) is 4.90 Å². The summed E-state index contributed by atoms with van der Waals surface area (Å²) in [6.45, 7) is 6.79. The quantitative estimate of drug-likeness (QED) is 0.751. The summed E-state index contributed by atoms with van der Waals surface area (Å²) in [7, 11) is 0. The van der Waals surface area contributed by atoms with Crippen LogP contribution < -0.4 is 5.73 Å². The highest BCUT2D eigenvalue weighted by molar-refractivity contribution is 5.05. The summed E-state index contributed by atoms with van der Waals surface area (Å²) in [6, 6.07) is 0.871. The molecule has 2 aliphatic rings.